The summed E-state index contributed by atoms with van der Waals surface area (Å²) in [6.07, 6.45) is 0. The fourth-order valence-corrected chi connectivity index (χ4v) is 4.12. The van der Waals surface area contributed by atoms with E-state index in [1.807, 2.05) is 13.8 Å². The van der Waals surface area contributed by atoms with Crippen LogP contribution in [0.1, 0.15) is 13.8 Å². The van der Waals surface area contributed by atoms with E-state index in [1.165, 1.54) is 21.5 Å². The molecule has 138 valence electrons. The van der Waals surface area contributed by atoms with E-state index in [2.05, 4.69) is 72.8 Å². The first-order valence-corrected chi connectivity index (χ1v) is 9.86. The van der Waals surface area contributed by atoms with Gasteiger partial charge >= 0.3 is 0 Å². The maximum atomic E-state index is 6.21. The molecule has 2 nitrogen and oxygen atoms in total. The number of ether oxygens (including phenoxy) is 2. The first kappa shape index (κ1) is 16.9. The van der Waals surface area contributed by atoms with Crippen LogP contribution in [0.2, 0.25) is 0 Å². The molecule has 0 unspecified atom stereocenters. The number of hydrogen-bond donors (Lipinski definition) is 0. The minimum atomic E-state index is 0.623. The van der Waals surface area contributed by atoms with Crippen molar-refractivity contribution in [2.45, 2.75) is 13.8 Å². The highest BCUT2D eigenvalue weighted by molar-refractivity contribution is 6.17. The van der Waals surface area contributed by atoms with Gasteiger partial charge in [-0.3, -0.25) is 0 Å². The van der Waals surface area contributed by atoms with Crippen LogP contribution in [0.3, 0.4) is 0 Å². The fourth-order valence-electron chi connectivity index (χ4n) is 4.12. The molecule has 0 amide bonds. The summed E-state index contributed by atoms with van der Waals surface area (Å²) in [5.41, 5.74) is 0. The molecule has 0 fully saturated rings. The highest BCUT2D eigenvalue weighted by atomic mass is 16.5. The zero-order valence-corrected chi connectivity index (χ0v) is 16.2. The van der Waals surface area contributed by atoms with Crippen molar-refractivity contribution in [1.29, 1.82) is 0 Å². The van der Waals surface area contributed by atoms with Gasteiger partial charge in [-0.15, -0.1) is 0 Å². The molecule has 0 aliphatic rings. The van der Waals surface area contributed by atoms with Gasteiger partial charge in [0, 0.05) is 21.5 Å². The van der Waals surface area contributed by atoms with E-state index in [1.54, 1.807) is 0 Å². The molecule has 0 N–H and O–H groups in total. The smallest absolute Gasteiger partial charge is 0.135 e. The van der Waals surface area contributed by atoms with Crippen LogP contribution in [-0.4, -0.2) is 13.2 Å². The van der Waals surface area contributed by atoms with Gasteiger partial charge in [0.2, 0.25) is 0 Å². The Balaban J connectivity index is 2.02. The number of fused-ring (bicyclic) bond motifs is 4. The van der Waals surface area contributed by atoms with Crippen molar-refractivity contribution in [2.24, 2.45) is 0 Å². The van der Waals surface area contributed by atoms with Crippen molar-refractivity contribution >= 4 is 43.1 Å². The number of rotatable bonds is 4. The van der Waals surface area contributed by atoms with Gasteiger partial charge in [0.15, 0.2) is 0 Å². The zero-order valence-electron chi connectivity index (χ0n) is 16.2. The monoisotopic (exact) mass is 366 g/mol. The predicted octanol–water partition coefficient (Wildman–Crippen LogP) is 7.10. The van der Waals surface area contributed by atoms with Crippen molar-refractivity contribution in [3.8, 4) is 11.5 Å². The molecule has 0 atom stereocenters. The van der Waals surface area contributed by atoms with Gasteiger partial charge in [-0.25, -0.2) is 0 Å². The molecule has 0 heterocycles. The topological polar surface area (TPSA) is 18.5 Å². The molecule has 2 heteroatoms. The normalized spacial score (nSPS) is 11.5. The Morgan fingerprint density at radius 1 is 0.500 bits per heavy atom. The van der Waals surface area contributed by atoms with Crippen molar-refractivity contribution in [3.63, 3.8) is 0 Å². The van der Waals surface area contributed by atoms with Crippen molar-refractivity contribution in [3.05, 3.63) is 72.8 Å². The zero-order chi connectivity index (χ0) is 19.1. The summed E-state index contributed by atoms with van der Waals surface area (Å²) in [6, 6.07) is 25.8. The molecule has 0 bridgehead atoms. The molecule has 0 aliphatic carbocycles. The van der Waals surface area contributed by atoms with E-state index in [4.69, 9.17) is 9.47 Å². The molecule has 0 spiro atoms. The Labute approximate surface area is 164 Å². The van der Waals surface area contributed by atoms with Gasteiger partial charge in [0.1, 0.15) is 11.5 Å². The van der Waals surface area contributed by atoms with Gasteiger partial charge in [0.25, 0.3) is 0 Å². The summed E-state index contributed by atoms with van der Waals surface area (Å²) in [4.78, 5) is 0. The van der Waals surface area contributed by atoms with Crippen LogP contribution in [0.25, 0.3) is 43.1 Å². The van der Waals surface area contributed by atoms with E-state index >= 15 is 0 Å². The molecule has 0 saturated heterocycles. The van der Waals surface area contributed by atoms with Crippen LogP contribution in [0, 0.1) is 0 Å². The summed E-state index contributed by atoms with van der Waals surface area (Å²) in [5, 5.41) is 9.24. The van der Waals surface area contributed by atoms with Crippen LogP contribution >= 0.6 is 0 Å². The van der Waals surface area contributed by atoms with Crippen LogP contribution in [0.5, 0.6) is 11.5 Å². The molecule has 5 aromatic carbocycles. The van der Waals surface area contributed by atoms with E-state index in [9.17, 15) is 0 Å². The molecule has 0 radical (unpaired) electrons. The average molecular weight is 366 g/mol. The van der Waals surface area contributed by atoms with Gasteiger partial charge in [0.05, 0.1) is 13.2 Å². The van der Waals surface area contributed by atoms with E-state index in [-0.39, 0.29) is 0 Å². The quantitative estimate of drug-likeness (QED) is 0.316. The van der Waals surface area contributed by atoms with Crippen molar-refractivity contribution < 1.29 is 9.47 Å². The predicted molar refractivity (Wildman–Crippen MR) is 119 cm³/mol. The van der Waals surface area contributed by atoms with Crippen LogP contribution in [0.15, 0.2) is 72.8 Å². The Hall–Kier alpha value is -3.26. The Morgan fingerprint density at radius 2 is 0.786 bits per heavy atom. The molecule has 0 aliphatic heterocycles. The van der Waals surface area contributed by atoms with E-state index in [0.717, 1.165) is 33.0 Å². The minimum Gasteiger partial charge on any atom is -0.493 e. The molecule has 5 aromatic rings. The van der Waals surface area contributed by atoms with Crippen LogP contribution in [0.4, 0.5) is 0 Å². The van der Waals surface area contributed by atoms with E-state index in [0.29, 0.717) is 13.2 Å². The molecule has 0 saturated carbocycles. The second-order valence-electron chi connectivity index (χ2n) is 7.01. The molecular formula is C26H22O2. The first-order valence-electron chi connectivity index (χ1n) is 9.86. The number of hydrogen-bond acceptors (Lipinski definition) is 2. The third-order valence-electron chi connectivity index (χ3n) is 5.33. The maximum absolute atomic E-state index is 6.21. The summed E-state index contributed by atoms with van der Waals surface area (Å²) in [5.74, 6) is 1.87. The fraction of sp³-hybridized carbons (Fsp3) is 0.154. The summed E-state index contributed by atoms with van der Waals surface area (Å²) < 4.78 is 12.4. The lowest BCUT2D eigenvalue weighted by Crippen LogP contribution is -1.99. The first-order chi connectivity index (χ1) is 13.8. The highest BCUT2D eigenvalue weighted by Gasteiger charge is 2.17. The SMILES string of the molecule is CCOc1c2cc3ccccc3cc2c(OCC)c2cc3ccccc3cc12. The lowest BCUT2D eigenvalue weighted by molar-refractivity contribution is 0.342. The average Bonchev–Trinajstić information content (AvgIpc) is 2.74. The van der Waals surface area contributed by atoms with Gasteiger partial charge in [-0.2, -0.15) is 0 Å². The summed E-state index contributed by atoms with van der Waals surface area (Å²) >= 11 is 0. The number of benzene rings is 5. The molecule has 28 heavy (non-hydrogen) atoms. The van der Waals surface area contributed by atoms with Gasteiger partial charge in [-0.05, 0) is 59.7 Å². The minimum absolute atomic E-state index is 0.623. The van der Waals surface area contributed by atoms with Crippen molar-refractivity contribution in [2.75, 3.05) is 13.2 Å². The Morgan fingerprint density at radius 3 is 1.04 bits per heavy atom. The van der Waals surface area contributed by atoms with Gasteiger partial charge in [-0.1, -0.05) is 48.5 Å². The van der Waals surface area contributed by atoms with Gasteiger partial charge < -0.3 is 9.47 Å². The molecule has 5 rings (SSSR count). The summed E-state index contributed by atoms with van der Waals surface area (Å²) in [7, 11) is 0. The van der Waals surface area contributed by atoms with E-state index < -0.39 is 0 Å². The lowest BCUT2D eigenvalue weighted by Gasteiger charge is -2.18. The van der Waals surface area contributed by atoms with Crippen LogP contribution in [-0.2, 0) is 0 Å². The summed E-state index contributed by atoms with van der Waals surface area (Å²) in [6.45, 7) is 5.32. The largest absolute Gasteiger partial charge is 0.493 e. The molecule has 0 aromatic heterocycles. The van der Waals surface area contributed by atoms with Crippen molar-refractivity contribution in [1.82, 2.24) is 0 Å². The lowest BCUT2D eigenvalue weighted by atomic mass is 9.95. The standard InChI is InChI=1S/C26H22O2/c1-3-27-25-21-13-17-9-5-7-11-19(17)15-23(21)26(28-4-2)24-16-20-12-8-6-10-18(20)14-22(24)25/h5-16H,3-4H2,1-2H3. The Bertz CT molecular complexity index is 1130. The molecular weight excluding hydrogens is 344 g/mol. The second kappa shape index (κ2) is 6.72. The maximum Gasteiger partial charge on any atom is 0.135 e. The highest BCUT2D eigenvalue weighted by Crippen LogP contribution is 2.45. The Kier molecular flexibility index (Phi) is 4.05. The second-order valence-corrected chi connectivity index (χ2v) is 7.01. The third-order valence-corrected chi connectivity index (χ3v) is 5.33. The van der Waals surface area contributed by atoms with Crippen LogP contribution < -0.4 is 9.47 Å². The third kappa shape index (κ3) is 2.56.